The first kappa shape index (κ1) is 18.0. The number of likely N-dealkylation sites (tertiary alicyclic amines) is 1. The summed E-state index contributed by atoms with van der Waals surface area (Å²) in [5.41, 5.74) is 1.54. The molecule has 1 N–H and O–H groups in total. The van der Waals surface area contributed by atoms with Gasteiger partial charge in [-0.15, -0.1) is 0 Å². The van der Waals surface area contributed by atoms with Crippen LogP contribution in [0.2, 0.25) is 0 Å². The van der Waals surface area contributed by atoms with E-state index in [1.54, 1.807) is 36.3 Å². The van der Waals surface area contributed by atoms with Crippen molar-refractivity contribution in [3.63, 3.8) is 0 Å². The summed E-state index contributed by atoms with van der Waals surface area (Å²) in [5.74, 6) is 0.420. The highest BCUT2D eigenvalue weighted by atomic mass is 16.5. The molecule has 2 amide bonds. The van der Waals surface area contributed by atoms with Crippen molar-refractivity contribution < 1.29 is 14.3 Å². The zero-order valence-corrected chi connectivity index (χ0v) is 15.1. The van der Waals surface area contributed by atoms with Crippen LogP contribution in [-0.4, -0.2) is 53.2 Å². The number of rotatable bonds is 6. The highest BCUT2D eigenvalue weighted by molar-refractivity contribution is 5.95. The van der Waals surface area contributed by atoms with Crippen LogP contribution >= 0.6 is 0 Å². The standard InChI is InChI=1S/C19H24N4O3/c1-14-6-10-23(21-14)11-8-20-18(24)16-7-9-22(13-16)19(25)15-4-3-5-17(12-15)26-2/h3-6,10,12,16H,7-9,11,13H2,1-2H3,(H,20,24)/t16-/m0/s1. The van der Waals surface area contributed by atoms with Gasteiger partial charge in [0.05, 0.1) is 25.3 Å². The molecule has 1 aromatic heterocycles. The van der Waals surface area contributed by atoms with Gasteiger partial charge in [-0.05, 0) is 37.6 Å². The van der Waals surface area contributed by atoms with Crippen LogP contribution in [0, 0.1) is 12.8 Å². The van der Waals surface area contributed by atoms with Gasteiger partial charge in [-0.2, -0.15) is 5.10 Å². The third-order valence-electron chi connectivity index (χ3n) is 4.58. The Kier molecular flexibility index (Phi) is 5.55. The number of hydrogen-bond acceptors (Lipinski definition) is 4. The van der Waals surface area contributed by atoms with Crippen LogP contribution < -0.4 is 10.1 Å². The molecule has 3 rings (SSSR count). The molecule has 1 aliphatic rings. The lowest BCUT2D eigenvalue weighted by atomic mass is 10.1. The fourth-order valence-electron chi connectivity index (χ4n) is 3.12. The van der Waals surface area contributed by atoms with Crippen molar-refractivity contribution in [2.75, 3.05) is 26.7 Å². The molecular weight excluding hydrogens is 332 g/mol. The molecule has 1 aromatic carbocycles. The van der Waals surface area contributed by atoms with Crippen molar-refractivity contribution in [2.24, 2.45) is 5.92 Å². The summed E-state index contributed by atoms with van der Waals surface area (Å²) in [6.07, 6.45) is 2.58. The van der Waals surface area contributed by atoms with Crippen LogP contribution in [0.1, 0.15) is 22.5 Å². The van der Waals surface area contributed by atoms with Crippen LogP contribution in [0.15, 0.2) is 36.5 Å². The molecule has 7 heteroatoms. The number of carbonyl (C=O) groups excluding carboxylic acids is 2. The van der Waals surface area contributed by atoms with E-state index in [0.29, 0.717) is 43.9 Å². The number of aryl methyl sites for hydroxylation is 1. The molecule has 0 unspecified atom stereocenters. The van der Waals surface area contributed by atoms with E-state index < -0.39 is 0 Å². The van der Waals surface area contributed by atoms with E-state index in [2.05, 4.69) is 10.4 Å². The van der Waals surface area contributed by atoms with E-state index in [1.165, 1.54) is 0 Å². The van der Waals surface area contributed by atoms with Crippen LogP contribution in [0.3, 0.4) is 0 Å². The predicted molar refractivity (Wildman–Crippen MR) is 97.0 cm³/mol. The summed E-state index contributed by atoms with van der Waals surface area (Å²) >= 11 is 0. The van der Waals surface area contributed by atoms with Gasteiger partial charge in [0.1, 0.15) is 5.75 Å². The number of carbonyl (C=O) groups is 2. The first-order valence-corrected chi connectivity index (χ1v) is 8.78. The Morgan fingerprint density at radius 3 is 2.92 bits per heavy atom. The lowest BCUT2D eigenvalue weighted by Crippen LogP contribution is -2.36. The van der Waals surface area contributed by atoms with Crippen LogP contribution in [-0.2, 0) is 11.3 Å². The van der Waals surface area contributed by atoms with E-state index >= 15 is 0 Å². The number of nitrogens with zero attached hydrogens (tertiary/aromatic N) is 3. The van der Waals surface area contributed by atoms with E-state index in [1.807, 2.05) is 23.9 Å². The minimum absolute atomic E-state index is 0.00480. The van der Waals surface area contributed by atoms with Gasteiger partial charge in [-0.3, -0.25) is 14.3 Å². The Balaban J connectivity index is 1.49. The first-order valence-electron chi connectivity index (χ1n) is 8.78. The molecule has 26 heavy (non-hydrogen) atoms. The normalized spacial score (nSPS) is 16.5. The van der Waals surface area contributed by atoms with Crippen molar-refractivity contribution in [2.45, 2.75) is 19.9 Å². The van der Waals surface area contributed by atoms with Crippen molar-refractivity contribution in [3.8, 4) is 5.75 Å². The number of ether oxygens (including phenoxy) is 1. The second-order valence-corrected chi connectivity index (χ2v) is 6.48. The van der Waals surface area contributed by atoms with Gasteiger partial charge in [0.15, 0.2) is 0 Å². The van der Waals surface area contributed by atoms with Crippen molar-refractivity contribution in [3.05, 3.63) is 47.8 Å². The minimum atomic E-state index is -0.163. The maximum atomic E-state index is 12.6. The van der Waals surface area contributed by atoms with Gasteiger partial charge in [0.2, 0.25) is 5.91 Å². The number of methoxy groups -OCH3 is 1. The molecule has 0 bridgehead atoms. The second kappa shape index (κ2) is 8.03. The lowest BCUT2D eigenvalue weighted by Gasteiger charge is -2.17. The van der Waals surface area contributed by atoms with Crippen LogP contribution in [0.25, 0.3) is 0 Å². The number of nitrogens with one attached hydrogen (secondary N) is 1. The quantitative estimate of drug-likeness (QED) is 0.851. The third kappa shape index (κ3) is 4.22. The molecule has 1 saturated heterocycles. The van der Waals surface area contributed by atoms with Gasteiger partial charge in [-0.1, -0.05) is 6.07 Å². The fourth-order valence-corrected chi connectivity index (χ4v) is 3.12. The van der Waals surface area contributed by atoms with E-state index in [-0.39, 0.29) is 17.7 Å². The molecule has 0 aliphatic carbocycles. The molecule has 1 atom stereocenters. The smallest absolute Gasteiger partial charge is 0.254 e. The Bertz CT molecular complexity index is 787. The summed E-state index contributed by atoms with van der Waals surface area (Å²) in [4.78, 5) is 26.7. The Labute approximate surface area is 152 Å². The van der Waals surface area contributed by atoms with Gasteiger partial charge in [0, 0.05) is 31.4 Å². The Hall–Kier alpha value is -2.83. The average molecular weight is 356 g/mol. The highest BCUT2D eigenvalue weighted by Crippen LogP contribution is 2.21. The zero-order chi connectivity index (χ0) is 18.5. The predicted octanol–water partition coefficient (Wildman–Crippen LogP) is 1.48. The Morgan fingerprint density at radius 1 is 1.35 bits per heavy atom. The third-order valence-corrected chi connectivity index (χ3v) is 4.58. The van der Waals surface area contributed by atoms with E-state index in [9.17, 15) is 9.59 Å². The fraction of sp³-hybridized carbons (Fsp3) is 0.421. The molecular formula is C19H24N4O3. The monoisotopic (exact) mass is 356 g/mol. The van der Waals surface area contributed by atoms with Crippen LogP contribution in [0.5, 0.6) is 5.75 Å². The zero-order valence-electron chi connectivity index (χ0n) is 15.1. The maximum Gasteiger partial charge on any atom is 0.254 e. The molecule has 7 nitrogen and oxygen atoms in total. The SMILES string of the molecule is COc1cccc(C(=O)N2CC[C@H](C(=O)NCCn3ccc(C)n3)C2)c1. The molecule has 0 radical (unpaired) electrons. The van der Waals surface area contributed by atoms with Crippen LogP contribution in [0.4, 0.5) is 0 Å². The van der Waals surface area contributed by atoms with Crippen molar-refractivity contribution >= 4 is 11.8 Å². The molecule has 2 aromatic rings. The van der Waals surface area contributed by atoms with Gasteiger partial charge in [0.25, 0.3) is 5.91 Å². The molecule has 2 heterocycles. The van der Waals surface area contributed by atoms with E-state index in [4.69, 9.17) is 4.74 Å². The summed E-state index contributed by atoms with van der Waals surface area (Å²) < 4.78 is 6.98. The number of aromatic nitrogens is 2. The average Bonchev–Trinajstić information content (AvgIpc) is 3.30. The summed E-state index contributed by atoms with van der Waals surface area (Å²) in [7, 11) is 1.57. The maximum absolute atomic E-state index is 12.6. The molecule has 138 valence electrons. The molecule has 0 spiro atoms. The van der Waals surface area contributed by atoms with E-state index in [0.717, 1.165) is 5.69 Å². The first-order chi connectivity index (χ1) is 12.6. The Morgan fingerprint density at radius 2 is 2.19 bits per heavy atom. The molecule has 0 saturated carbocycles. The number of benzene rings is 1. The number of hydrogen-bond donors (Lipinski definition) is 1. The minimum Gasteiger partial charge on any atom is -0.497 e. The highest BCUT2D eigenvalue weighted by Gasteiger charge is 2.31. The van der Waals surface area contributed by atoms with Crippen molar-refractivity contribution in [1.29, 1.82) is 0 Å². The summed E-state index contributed by atoms with van der Waals surface area (Å²) in [6, 6.07) is 9.02. The largest absolute Gasteiger partial charge is 0.497 e. The van der Waals surface area contributed by atoms with Gasteiger partial charge >= 0.3 is 0 Å². The summed E-state index contributed by atoms with van der Waals surface area (Å²) in [6.45, 7) is 4.13. The van der Waals surface area contributed by atoms with Crippen molar-refractivity contribution in [1.82, 2.24) is 20.0 Å². The number of amides is 2. The van der Waals surface area contributed by atoms with Gasteiger partial charge < -0.3 is 15.0 Å². The second-order valence-electron chi connectivity index (χ2n) is 6.48. The van der Waals surface area contributed by atoms with Gasteiger partial charge in [-0.25, -0.2) is 0 Å². The summed E-state index contributed by atoms with van der Waals surface area (Å²) in [5, 5.41) is 7.23. The molecule has 1 fully saturated rings. The molecule has 1 aliphatic heterocycles. The lowest BCUT2D eigenvalue weighted by molar-refractivity contribution is -0.124. The topological polar surface area (TPSA) is 76.5 Å².